The summed E-state index contributed by atoms with van der Waals surface area (Å²) in [5.41, 5.74) is 3.01. The van der Waals surface area contributed by atoms with Crippen LogP contribution in [-0.4, -0.2) is 20.8 Å². The molecule has 0 fully saturated rings. The van der Waals surface area contributed by atoms with Crippen molar-refractivity contribution in [2.24, 2.45) is 0 Å². The summed E-state index contributed by atoms with van der Waals surface area (Å²) in [4.78, 5) is 12.5. The number of nitrogens with one attached hydrogen (secondary N) is 1. The third-order valence-corrected chi connectivity index (χ3v) is 5.12. The molecular formula is C21H16BrClN4O2. The Morgan fingerprint density at radius 2 is 1.86 bits per heavy atom. The molecule has 0 bridgehead atoms. The lowest BCUT2D eigenvalue weighted by atomic mass is 10.1. The highest BCUT2D eigenvalue weighted by atomic mass is 79.9. The molecule has 0 aliphatic carbocycles. The molecule has 1 amide bonds. The normalized spacial score (nSPS) is 10.9. The summed E-state index contributed by atoms with van der Waals surface area (Å²) in [7, 11) is 0. The number of carbonyl (C=O) groups is 1. The van der Waals surface area contributed by atoms with E-state index in [9.17, 15) is 4.79 Å². The minimum atomic E-state index is -0.381. The number of rotatable bonds is 5. The second kappa shape index (κ2) is 8.23. The van der Waals surface area contributed by atoms with Crippen LogP contribution >= 0.6 is 27.5 Å². The van der Waals surface area contributed by atoms with Crippen LogP contribution in [0.2, 0.25) is 5.02 Å². The van der Waals surface area contributed by atoms with Crippen molar-refractivity contribution >= 4 is 39.3 Å². The zero-order valence-corrected chi connectivity index (χ0v) is 17.7. The van der Waals surface area contributed by atoms with Gasteiger partial charge in [0.15, 0.2) is 17.3 Å². The number of halogens is 2. The Morgan fingerprint density at radius 1 is 1.14 bits per heavy atom. The van der Waals surface area contributed by atoms with Crippen molar-refractivity contribution in [3.63, 3.8) is 0 Å². The van der Waals surface area contributed by atoms with Gasteiger partial charge in [-0.3, -0.25) is 9.48 Å². The third kappa shape index (κ3) is 4.58. The fourth-order valence-corrected chi connectivity index (χ4v) is 3.20. The lowest BCUT2D eigenvalue weighted by Crippen LogP contribution is -2.13. The Bertz CT molecular complexity index is 1150. The molecule has 0 radical (unpaired) electrons. The Balaban J connectivity index is 1.46. The van der Waals surface area contributed by atoms with Crippen LogP contribution in [0.3, 0.4) is 0 Å². The summed E-state index contributed by atoms with van der Waals surface area (Å²) in [6.45, 7) is 2.51. The molecule has 2 aromatic heterocycles. The van der Waals surface area contributed by atoms with E-state index in [4.69, 9.17) is 16.1 Å². The maximum Gasteiger partial charge on any atom is 0.279 e. The lowest BCUT2D eigenvalue weighted by Gasteiger charge is -2.04. The van der Waals surface area contributed by atoms with Crippen LogP contribution in [0.15, 0.2) is 69.7 Å². The first-order valence-electron chi connectivity index (χ1n) is 8.81. The number of nitrogens with zero attached hydrogens (tertiary/aromatic N) is 3. The highest BCUT2D eigenvalue weighted by molar-refractivity contribution is 9.10. The van der Waals surface area contributed by atoms with Crippen molar-refractivity contribution in [1.82, 2.24) is 14.9 Å². The van der Waals surface area contributed by atoms with Crippen LogP contribution in [0.4, 0.5) is 5.82 Å². The molecule has 4 aromatic rings. The summed E-state index contributed by atoms with van der Waals surface area (Å²) in [6.07, 6.45) is 0. The van der Waals surface area contributed by atoms with Gasteiger partial charge in [0.25, 0.3) is 5.91 Å². The number of hydrogen-bond acceptors (Lipinski definition) is 4. The van der Waals surface area contributed by atoms with Gasteiger partial charge in [-0.15, -0.1) is 0 Å². The van der Waals surface area contributed by atoms with Crippen LogP contribution < -0.4 is 5.32 Å². The number of aryl methyl sites for hydroxylation is 1. The Morgan fingerprint density at radius 3 is 2.59 bits per heavy atom. The number of benzene rings is 2. The van der Waals surface area contributed by atoms with Gasteiger partial charge < -0.3 is 9.84 Å². The van der Waals surface area contributed by atoms with Crippen molar-refractivity contribution in [2.75, 3.05) is 5.32 Å². The van der Waals surface area contributed by atoms with E-state index in [-0.39, 0.29) is 11.6 Å². The van der Waals surface area contributed by atoms with E-state index in [1.807, 2.05) is 66.2 Å². The van der Waals surface area contributed by atoms with Gasteiger partial charge in [0.05, 0.1) is 6.54 Å². The van der Waals surface area contributed by atoms with Gasteiger partial charge in [0.1, 0.15) is 0 Å². The number of amides is 1. The van der Waals surface area contributed by atoms with Gasteiger partial charge in [-0.1, -0.05) is 57.0 Å². The molecule has 146 valence electrons. The van der Waals surface area contributed by atoms with Gasteiger partial charge >= 0.3 is 0 Å². The lowest BCUT2D eigenvalue weighted by molar-refractivity contribution is 0.101. The van der Waals surface area contributed by atoms with E-state index >= 15 is 0 Å². The Kier molecular flexibility index (Phi) is 5.51. The second-order valence-electron chi connectivity index (χ2n) is 6.49. The van der Waals surface area contributed by atoms with Crippen LogP contribution in [0.5, 0.6) is 0 Å². The maximum atomic E-state index is 12.5. The first kappa shape index (κ1) is 19.4. The van der Waals surface area contributed by atoms with Crippen LogP contribution in [0.25, 0.3) is 11.3 Å². The molecule has 0 aliphatic heterocycles. The van der Waals surface area contributed by atoms with E-state index in [1.54, 1.807) is 6.07 Å². The quantitative estimate of drug-likeness (QED) is 0.413. The molecule has 0 aliphatic rings. The summed E-state index contributed by atoms with van der Waals surface area (Å²) in [5.74, 6) is 0.593. The minimum Gasteiger partial charge on any atom is -0.355 e. The molecule has 4 rings (SSSR count). The number of anilines is 1. The van der Waals surface area contributed by atoms with Crippen LogP contribution in [-0.2, 0) is 6.54 Å². The highest BCUT2D eigenvalue weighted by Gasteiger charge is 2.16. The molecule has 0 spiro atoms. The Labute approximate surface area is 180 Å². The predicted molar refractivity (Wildman–Crippen MR) is 115 cm³/mol. The zero-order valence-electron chi connectivity index (χ0n) is 15.4. The van der Waals surface area contributed by atoms with E-state index < -0.39 is 0 Å². The van der Waals surface area contributed by atoms with E-state index in [2.05, 4.69) is 31.5 Å². The van der Waals surface area contributed by atoms with Gasteiger partial charge in [0, 0.05) is 32.9 Å². The number of aromatic nitrogens is 3. The van der Waals surface area contributed by atoms with Gasteiger partial charge in [0.2, 0.25) is 0 Å². The monoisotopic (exact) mass is 470 g/mol. The van der Waals surface area contributed by atoms with Crippen molar-refractivity contribution in [3.05, 3.63) is 87.1 Å². The first-order chi connectivity index (χ1) is 14.0. The largest absolute Gasteiger partial charge is 0.355 e. The summed E-state index contributed by atoms with van der Waals surface area (Å²) in [6, 6.07) is 18.5. The Hall–Kier alpha value is -2.90. The van der Waals surface area contributed by atoms with E-state index in [1.165, 1.54) is 0 Å². The molecule has 2 aromatic carbocycles. The zero-order chi connectivity index (χ0) is 20.4. The predicted octanol–water partition coefficient (Wildman–Crippen LogP) is 5.56. The van der Waals surface area contributed by atoms with Gasteiger partial charge in [-0.05, 0) is 36.8 Å². The molecule has 0 unspecified atom stereocenters. The fraction of sp³-hybridized carbons (Fsp3) is 0.0952. The summed E-state index contributed by atoms with van der Waals surface area (Å²) < 4.78 is 8.08. The number of carbonyl (C=O) groups excluding carboxylic acids is 1. The molecular weight excluding hydrogens is 456 g/mol. The van der Waals surface area contributed by atoms with Gasteiger partial charge in [-0.25, -0.2) is 0 Å². The minimum absolute atomic E-state index is 0.188. The molecule has 0 saturated carbocycles. The first-order valence-corrected chi connectivity index (χ1v) is 9.98. The molecule has 2 heterocycles. The van der Waals surface area contributed by atoms with Crippen molar-refractivity contribution in [2.45, 2.75) is 13.5 Å². The fourth-order valence-electron chi connectivity index (χ4n) is 2.81. The third-order valence-electron chi connectivity index (χ3n) is 4.34. The molecule has 8 heteroatoms. The van der Waals surface area contributed by atoms with Crippen molar-refractivity contribution in [1.29, 1.82) is 0 Å². The van der Waals surface area contributed by atoms with E-state index in [0.717, 1.165) is 21.3 Å². The average Bonchev–Trinajstić information content (AvgIpc) is 3.32. The maximum absolute atomic E-state index is 12.5. The van der Waals surface area contributed by atoms with Crippen LogP contribution in [0.1, 0.15) is 21.7 Å². The summed E-state index contributed by atoms with van der Waals surface area (Å²) in [5, 5.41) is 11.8. The summed E-state index contributed by atoms with van der Waals surface area (Å²) >= 11 is 9.32. The average molecular weight is 472 g/mol. The number of hydrogen-bond donors (Lipinski definition) is 1. The van der Waals surface area contributed by atoms with Crippen molar-refractivity contribution in [3.8, 4) is 11.3 Å². The standard InChI is InChI=1S/C21H16BrClN4O2/c1-13-10-20(25-27(13)12-14-2-8-17(23)9-3-14)24-21(28)18-11-19(29-26-18)15-4-6-16(22)7-5-15/h2-11H,12H2,1H3,(H,24,25,28). The second-order valence-corrected chi connectivity index (χ2v) is 7.84. The van der Waals surface area contributed by atoms with E-state index in [0.29, 0.717) is 23.1 Å². The topological polar surface area (TPSA) is 73.0 Å². The molecule has 0 saturated heterocycles. The van der Waals surface area contributed by atoms with Crippen molar-refractivity contribution < 1.29 is 9.32 Å². The van der Waals surface area contributed by atoms with Crippen LogP contribution in [0, 0.1) is 6.92 Å². The molecule has 6 nitrogen and oxygen atoms in total. The molecule has 1 N–H and O–H groups in total. The molecule has 0 atom stereocenters. The highest BCUT2D eigenvalue weighted by Crippen LogP contribution is 2.23. The smallest absolute Gasteiger partial charge is 0.279 e. The van der Waals surface area contributed by atoms with Gasteiger partial charge in [-0.2, -0.15) is 5.10 Å². The molecule has 29 heavy (non-hydrogen) atoms. The SMILES string of the molecule is Cc1cc(NC(=O)c2cc(-c3ccc(Br)cc3)on2)nn1Cc1ccc(Cl)cc1.